The van der Waals surface area contributed by atoms with Crippen LogP contribution in [0.1, 0.15) is 89.5 Å². The maximum absolute atomic E-state index is 11.9. The summed E-state index contributed by atoms with van der Waals surface area (Å²) in [5.74, 6) is 2.19. The maximum atomic E-state index is 11.9. The lowest BCUT2D eigenvalue weighted by molar-refractivity contribution is -0.134. The van der Waals surface area contributed by atoms with E-state index < -0.39 is 0 Å². The molecule has 0 heterocycles. The summed E-state index contributed by atoms with van der Waals surface area (Å²) in [6.45, 7) is 4.44. The smallest absolute Gasteiger partial charge is 0.311 e. The molecule has 0 atom stereocenters. The third-order valence-corrected chi connectivity index (χ3v) is 6.07. The van der Waals surface area contributed by atoms with Gasteiger partial charge in [-0.05, 0) is 72.4 Å². The van der Waals surface area contributed by atoms with Crippen LogP contribution in [-0.4, -0.2) is 5.97 Å². The second-order valence-electron chi connectivity index (χ2n) is 8.21. The van der Waals surface area contributed by atoms with Gasteiger partial charge in [-0.2, -0.15) is 0 Å². The Kier molecular flexibility index (Phi) is 7.32. The largest absolute Gasteiger partial charge is 0.427 e. The molecule has 2 heteroatoms. The second kappa shape index (κ2) is 9.92. The van der Waals surface area contributed by atoms with Crippen LogP contribution in [0.15, 0.2) is 36.4 Å². The highest BCUT2D eigenvalue weighted by Crippen LogP contribution is 2.38. The number of carbonyl (C=O) groups is 1. The molecule has 2 aromatic rings. The van der Waals surface area contributed by atoms with Crippen LogP contribution in [0.5, 0.6) is 5.75 Å². The Labute approximate surface area is 164 Å². The molecule has 0 aromatic heterocycles. The molecular weight excluding hydrogens is 332 g/mol. The Morgan fingerprint density at radius 1 is 0.926 bits per heavy atom. The average molecular weight is 367 g/mol. The predicted octanol–water partition coefficient (Wildman–Crippen LogP) is 7.40. The first kappa shape index (κ1) is 19.9. The molecule has 0 unspecified atom stereocenters. The molecule has 0 spiro atoms. The van der Waals surface area contributed by atoms with E-state index in [-0.39, 0.29) is 5.97 Å². The minimum absolute atomic E-state index is 0.122. The monoisotopic (exact) mass is 366 g/mol. The average Bonchev–Trinajstić information content (AvgIpc) is 2.69. The summed E-state index contributed by atoms with van der Waals surface area (Å²) < 4.78 is 5.51. The molecular formula is C25H34O2. The van der Waals surface area contributed by atoms with Gasteiger partial charge in [0.25, 0.3) is 0 Å². The molecule has 3 rings (SSSR count). The predicted molar refractivity (Wildman–Crippen MR) is 113 cm³/mol. The standard InChI is InChI=1S/C25H34O2/c1-3-5-6-8-25(26)27-24-16-15-22-17-21(13-14-23(22)18-24)20-11-9-19(7-4-2)10-12-20/h13-20H,3-12H2,1-2H3/t19-,20-. The van der Waals surface area contributed by atoms with Crippen molar-refractivity contribution >= 4 is 16.7 Å². The number of fused-ring (bicyclic) bond motifs is 1. The van der Waals surface area contributed by atoms with Crippen molar-refractivity contribution in [2.45, 2.75) is 84.0 Å². The summed E-state index contributed by atoms with van der Waals surface area (Å²) in [5, 5.41) is 2.39. The molecule has 1 fully saturated rings. The van der Waals surface area contributed by atoms with Crippen molar-refractivity contribution in [2.75, 3.05) is 0 Å². The summed E-state index contributed by atoms with van der Waals surface area (Å²) in [7, 11) is 0. The van der Waals surface area contributed by atoms with Gasteiger partial charge in [-0.1, -0.05) is 63.8 Å². The van der Waals surface area contributed by atoms with Gasteiger partial charge in [0, 0.05) is 6.42 Å². The summed E-state index contributed by atoms with van der Waals surface area (Å²) in [4.78, 5) is 11.9. The highest BCUT2D eigenvalue weighted by atomic mass is 16.5. The molecule has 146 valence electrons. The van der Waals surface area contributed by atoms with Gasteiger partial charge in [0.05, 0.1) is 0 Å². The van der Waals surface area contributed by atoms with Gasteiger partial charge in [0.1, 0.15) is 5.75 Å². The number of ether oxygens (including phenoxy) is 1. The van der Waals surface area contributed by atoms with E-state index in [1.165, 1.54) is 49.5 Å². The first-order valence-electron chi connectivity index (χ1n) is 10.9. The second-order valence-corrected chi connectivity index (χ2v) is 8.21. The topological polar surface area (TPSA) is 26.3 Å². The minimum Gasteiger partial charge on any atom is -0.427 e. The molecule has 1 aliphatic rings. The molecule has 0 bridgehead atoms. The number of rotatable bonds is 8. The van der Waals surface area contributed by atoms with E-state index in [1.807, 2.05) is 12.1 Å². The Hall–Kier alpha value is -1.83. The lowest BCUT2D eigenvalue weighted by Gasteiger charge is -2.28. The van der Waals surface area contributed by atoms with Crippen LogP contribution in [0.25, 0.3) is 10.8 Å². The fourth-order valence-electron chi connectivity index (χ4n) is 4.45. The number of hydrogen-bond donors (Lipinski definition) is 0. The van der Waals surface area contributed by atoms with Crippen molar-refractivity contribution in [2.24, 2.45) is 5.92 Å². The van der Waals surface area contributed by atoms with Crippen LogP contribution in [-0.2, 0) is 4.79 Å². The van der Waals surface area contributed by atoms with Crippen molar-refractivity contribution < 1.29 is 9.53 Å². The van der Waals surface area contributed by atoms with E-state index in [4.69, 9.17) is 4.74 Å². The molecule has 1 saturated carbocycles. The molecule has 2 nitrogen and oxygen atoms in total. The summed E-state index contributed by atoms with van der Waals surface area (Å²) >= 11 is 0. The number of hydrogen-bond acceptors (Lipinski definition) is 2. The number of benzene rings is 2. The quantitative estimate of drug-likeness (QED) is 0.276. The molecule has 27 heavy (non-hydrogen) atoms. The Bertz CT molecular complexity index is 741. The van der Waals surface area contributed by atoms with Gasteiger partial charge < -0.3 is 4.74 Å². The van der Waals surface area contributed by atoms with Crippen LogP contribution in [0.4, 0.5) is 0 Å². The lowest BCUT2D eigenvalue weighted by atomic mass is 9.77. The Morgan fingerprint density at radius 2 is 1.67 bits per heavy atom. The van der Waals surface area contributed by atoms with Crippen LogP contribution in [0.3, 0.4) is 0 Å². The Balaban J connectivity index is 1.62. The normalized spacial score (nSPS) is 19.9. The van der Waals surface area contributed by atoms with E-state index in [1.54, 1.807) is 0 Å². The highest BCUT2D eigenvalue weighted by Gasteiger charge is 2.21. The fraction of sp³-hybridized carbons (Fsp3) is 0.560. The highest BCUT2D eigenvalue weighted by molar-refractivity contribution is 5.85. The zero-order valence-corrected chi connectivity index (χ0v) is 17.0. The molecule has 1 aliphatic carbocycles. The van der Waals surface area contributed by atoms with Crippen LogP contribution in [0, 0.1) is 5.92 Å². The van der Waals surface area contributed by atoms with Crippen molar-refractivity contribution in [1.82, 2.24) is 0 Å². The van der Waals surface area contributed by atoms with E-state index in [2.05, 4.69) is 38.1 Å². The Morgan fingerprint density at radius 3 is 2.41 bits per heavy atom. The van der Waals surface area contributed by atoms with Gasteiger partial charge in [0.15, 0.2) is 0 Å². The lowest BCUT2D eigenvalue weighted by Crippen LogP contribution is -2.13. The first-order chi connectivity index (χ1) is 13.2. The van der Waals surface area contributed by atoms with E-state index >= 15 is 0 Å². The molecule has 0 radical (unpaired) electrons. The molecule has 0 aliphatic heterocycles. The number of esters is 1. The maximum Gasteiger partial charge on any atom is 0.311 e. The third-order valence-electron chi connectivity index (χ3n) is 6.07. The van der Waals surface area contributed by atoms with Gasteiger partial charge in [0.2, 0.25) is 0 Å². The first-order valence-corrected chi connectivity index (χ1v) is 10.9. The van der Waals surface area contributed by atoms with Gasteiger partial charge in [-0.3, -0.25) is 4.79 Å². The van der Waals surface area contributed by atoms with Crippen molar-refractivity contribution in [3.05, 3.63) is 42.0 Å². The fourth-order valence-corrected chi connectivity index (χ4v) is 4.45. The number of unbranched alkanes of at least 4 members (excludes halogenated alkanes) is 2. The van der Waals surface area contributed by atoms with Gasteiger partial charge >= 0.3 is 5.97 Å². The molecule has 0 amide bonds. The van der Waals surface area contributed by atoms with Crippen molar-refractivity contribution in [3.63, 3.8) is 0 Å². The number of carbonyl (C=O) groups excluding carboxylic acids is 1. The molecule has 0 saturated heterocycles. The van der Waals surface area contributed by atoms with Crippen molar-refractivity contribution in [3.8, 4) is 5.75 Å². The van der Waals surface area contributed by atoms with Gasteiger partial charge in [-0.15, -0.1) is 0 Å². The minimum atomic E-state index is -0.122. The van der Waals surface area contributed by atoms with E-state index in [0.29, 0.717) is 18.1 Å². The summed E-state index contributed by atoms with van der Waals surface area (Å²) in [5.41, 5.74) is 1.47. The molecule has 2 aromatic carbocycles. The van der Waals surface area contributed by atoms with Crippen molar-refractivity contribution in [1.29, 1.82) is 0 Å². The van der Waals surface area contributed by atoms with Crippen LogP contribution < -0.4 is 4.74 Å². The zero-order valence-electron chi connectivity index (χ0n) is 17.0. The van der Waals surface area contributed by atoms with E-state index in [0.717, 1.165) is 30.6 Å². The molecule has 0 N–H and O–H groups in total. The zero-order chi connectivity index (χ0) is 19.1. The summed E-state index contributed by atoms with van der Waals surface area (Å²) in [6, 6.07) is 12.8. The SMILES string of the molecule is CCCCCC(=O)Oc1ccc2cc([C@H]3CC[C@H](CCC)CC3)ccc2c1. The van der Waals surface area contributed by atoms with E-state index in [9.17, 15) is 4.79 Å². The van der Waals surface area contributed by atoms with Crippen LogP contribution >= 0.6 is 0 Å². The van der Waals surface area contributed by atoms with Crippen LogP contribution in [0.2, 0.25) is 0 Å². The van der Waals surface area contributed by atoms with Gasteiger partial charge in [-0.25, -0.2) is 0 Å². The summed E-state index contributed by atoms with van der Waals surface area (Å²) in [6.07, 6.45) is 11.7. The third kappa shape index (κ3) is 5.57.